The van der Waals surface area contributed by atoms with Gasteiger partial charge in [-0.05, 0) is 30.9 Å². The fourth-order valence-corrected chi connectivity index (χ4v) is 2.30. The van der Waals surface area contributed by atoms with Crippen LogP contribution in [0.5, 0.6) is 0 Å². The zero-order chi connectivity index (χ0) is 14.0. The molecule has 0 aliphatic heterocycles. The first-order valence-corrected chi connectivity index (χ1v) is 7.09. The van der Waals surface area contributed by atoms with Crippen LogP contribution in [0.1, 0.15) is 18.1 Å². The van der Waals surface area contributed by atoms with Crippen molar-refractivity contribution < 1.29 is 0 Å². The summed E-state index contributed by atoms with van der Waals surface area (Å²) in [4.78, 5) is 0. The van der Waals surface area contributed by atoms with E-state index in [4.69, 9.17) is 0 Å². The summed E-state index contributed by atoms with van der Waals surface area (Å²) < 4.78 is 0. The first-order valence-electron chi connectivity index (χ1n) is 7.09. The third-order valence-corrected chi connectivity index (χ3v) is 3.31. The predicted molar refractivity (Wildman–Crippen MR) is 85.5 cm³/mol. The Labute approximate surface area is 122 Å². The average molecular weight is 263 g/mol. The zero-order valence-corrected chi connectivity index (χ0v) is 12.0. The normalized spacial score (nSPS) is 10.1. The van der Waals surface area contributed by atoms with Gasteiger partial charge in [-0.3, -0.25) is 0 Å². The van der Waals surface area contributed by atoms with Crippen LogP contribution in [-0.4, -0.2) is 12.6 Å². The Morgan fingerprint density at radius 3 is 1.80 bits per heavy atom. The van der Waals surface area contributed by atoms with Gasteiger partial charge in [0, 0.05) is 6.04 Å². The topological polar surface area (TPSA) is 12.0 Å². The highest BCUT2D eigenvalue weighted by Crippen LogP contribution is 2.09. The van der Waals surface area contributed by atoms with Gasteiger partial charge in [-0.2, -0.15) is 0 Å². The molecule has 0 heterocycles. The lowest BCUT2D eigenvalue weighted by molar-refractivity contribution is 0.537. The van der Waals surface area contributed by atoms with Gasteiger partial charge in [-0.15, -0.1) is 5.92 Å². The van der Waals surface area contributed by atoms with Crippen LogP contribution in [0.25, 0.3) is 0 Å². The Hall–Kier alpha value is -2.04. The van der Waals surface area contributed by atoms with Crippen LogP contribution < -0.4 is 5.32 Å². The van der Waals surface area contributed by atoms with Gasteiger partial charge in [-0.25, -0.2) is 0 Å². The number of rotatable bonds is 6. The lowest BCUT2D eigenvalue weighted by Crippen LogP contribution is -2.33. The van der Waals surface area contributed by atoms with E-state index in [1.807, 2.05) is 6.92 Å². The molecule has 2 aromatic carbocycles. The second kappa shape index (κ2) is 8.19. The van der Waals surface area contributed by atoms with Crippen molar-refractivity contribution in [2.24, 2.45) is 0 Å². The SMILES string of the molecule is CC#CCNC(Cc1ccccc1)Cc1ccccc1. The molecule has 0 radical (unpaired) electrons. The van der Waals surface area contributed by atoms with Crippen molar-refractivity contribution >= 4 is 0 Å². The number of hydrogen-bond donors (Lipinski definition) is 1. The minimum atomic E-state index is 0.417. The van der Waals surface area contributed by atoms with Gasteiger partial charge in [-0.1, -0.05) is 66.6 Å². The molecule has 102 valence electrons. The standard InChI is InChI=1S/C19H21N/c1-2-3-14-20-19(15-17-10-6-4-7-11-17)16-18-12-8-5-9-13-18/h4-13,19-20H,14-16H2,1H3. The smallest absolute Gasteiger partial charge is 0.0578 e. The Morgan fingerprint density at radius 1 is 0.850 bits per heavy atom. The van der Waals surface area contributed by atoms with Gasteiger partial charge in [0.25, 0.3) is 0 Å². The van der Waals surface area contributed by atoms with Gasteiger partial charge in [0.2, 0.25) is 0 Å². The number of nitrogens with one attached hydrogen (secondary N) is 1. The summed E-state index contributed by atoms with van der Waals surface area (Å²) in [7, 11) is 0. The van der Waals surface area contributed by atoms with Crippen LogP contribution >= 0.6 is 0 Å². The van der Waals surface area contributed by atoms with Crippen molar-refractivity contribution in [1.29, 1.82) is 0 Å². The molecule has 0 amide bonds. The molecule has 0 aliphatic carbocycles. The van der Waals surface area contributed by atoms with Crippen LogP contribution in [0, 0.1) is 11.8 Å². The lowest BCUT2D eigenvalue weighted by Gasteiger charge is -2.18. The van der Waals surface area contributed by atoms with Crippen molar-refractivity contribution in [2.45, 2.75) is 25.8 Å². The molecule has 0 saturated carbocycles. The van der Waals surface area contributed by atoms with E-state index in [0.29, 0.717) is 6.04 Å². The van der Waals surface area contributed by atoms with E-state index in [1.165, 1.54) is 11.1 Å². The third kappa shape index (κ3) is 4.91. The van der Waals surface area contributed by atoms with E-state index >= 15 is 0 Å². The van der Waals surface area contributed by atoms with E-state index in [9.17, 15) is 0 Å². The monoisotopic (exact) mass is 263 g/mol. The minimum absolute atomic E-state index is 0.417. The van der Waals surface area contributed by atoms with Gasteiger partial charge in [0.1, 0.15) is 0 Å². The van der Waals surface area contributed by atoms with E-state index in [2.05, 4.69) is 77.8 Å². The largest absolute Gasteiger partial charge is 0.303 e. The molecule has 1 heteroatoms. The highest BCUT2D eigenvalue weighted by atomic mass is 14.9. The maximum Gasteiger partial charge on any atom is 0.0578 e. The minimum Gasteiger partial charge on any atom is -0.303 e. The number of hydrogen-bond acceptors (Lipinski definition) is 1. The Morgan fingerprint density at radius 2 is 1.35 bits per heavy atom. The van der Waals surface area contributed by atoms with Crippen molar-refractivity contribution in [1.82, 2.24) is 5.32 Å². The van der Waals surface area contributed by atoms with Gasteiger partial charge < -0.3 is 5.32 Å². The fraction of sp³-hybridized carbons (Fsp3) is 0.263. The summed E-state index contributed by atoms with van der Waals surface area (Å²) in [5.41, 5.74) is 2.73. The lowest BCUT2D eigenvalue weighted by atomic mass is 9.99. The van der Waals surface area contributed by atoms with Gasteiger partial charge in [0.05, 0.1) is 6.54 Å². The molecule has 2 rings (SSSR count). The van der Waals surface area contributed by atoms with Crippen molar-refractivity contribution in [3.63, 3.8) is 0 Å². The summed E-state index contributed by atoms with van der Waals surface area (Å²) in [5, 5.41) is 3.54. The predicted octanol–water partition coefficient (Wildman–Crippen LogP) is 3.45. The summed E-state index contributed by atoms with van der Waals surface area (Å²) in [6, 6.07) is 21.7. The number of benzene rings is 2. The molecule has 20 heavy (non-hydrogen) atoms. The summed E-state index contributed by atoms with van der Waals surface area (Å²) >= 11 is 0. The van der Waals surface area contributed by atoms with Crippen molar-refractivity contribution in [2.75, 3.05) is 6.54 Å². The molecular formula is C19H21N. The maximum absolute atomic E-state index is 3.54. The Bertz CT molecular complexity index is 507. The molecule has 0 aromatic heterocycles. The summed E-state index contributed by atoms with van der Waals surface area (Å²) in [6.07, 6.45) is 2.06. The highest BCUT2D eigenvalue weighted by Gasteiger charge is 2.09. The van der Waals surface area contributed by atoms with E-state index in [-0.39, 0.29) is 0 Å². The second-order valence-corrected chi connectivity index (χ2v) is 4.88. The first-order chi connectivity index (χ1) is 9.88. The molecule has 0 aliphatic rings. The fourth-order valence-electron chi connectivity index (χ4n) is 2.30. The first kappa shape index (κ1) is 14.4. The van der Waals surface area contributed by atoms with E-state index < -0.39 is 0 Å². The Balaban J connectivity index is 2.01. The van der Waals surface area contributed by atoms with Crippen LogP contribution in [-0.2, 0) is 12.8 Å². The second-order valence-electron chi connectivity index (χ2n) is 4.88. The molecule has 1 nitrogen and oxygen atoms in total. The molecule has 1 N–H and O–H groups in total. The molecular weight excluding hydrogens is 242 g/mol. The van der Waals surface area contributed by atoms with Gasteiger partial charge in [0.15, 0.2) is 0 Å². The molecule has 0 bridgehead atoms. The molecule has 0 spiro atoms. The van der Waals surface area contributed by atoms with Crippen LogP contribution in [0.15, 0.2) is 60.7 Å². The zero-order valence-electron chi connectivity index (χ0n) is 12.0. The molecule has 2 aromatic rings. The summed E-state index contributed by atoms with van der Waals surface area (Å²) in [6.45, 7) is 2.63. The van der Waals surface area contributed by atoms with Crippen LogP contribution in [0.4, 0.5) is 0 Å². The quantitative estimate of drug-likeness (QED) is 0.787. The molecule has 0 atom stereocenters. The Kier molecular flexibility index (Phi) is 5.89. The molecule has 0 saturated heterocycles. The van der Waals surface area contributed by atoms with Crippen LogP contribution in [0.3, 0.4) is 0 Å². The molecule has 0 unspecified atom stereocenters. The van der Waals surface area contributed by atoms with Crippen LogP contribution in [0.2, 0.25) is 0 Å². The molecule has 0 fully saturated rings. The van der Waals surface area contributed by atoms with Gasteiger partial charge >= 0.3 is 0 Å². The summed E-state index contributed by atoms with van der Waals surface area (Å²) in [5.74, 6) is 6.03. The average Bonchev–Trinajstić information content (AvgIpc) is 2.49. The van der Waals surface area contributed by atoms with Crippen molar-refractivity contribution in [3.8, 4) is 11.8 Å². The highest BCUT2D eigenvalue weighted by molar-refractivity contribution is 5.20. The van der Waals surface area contributed by atoms with Crippen molar-refractivity contribution in [3.05, 3.63) is 71.8 Å². The third-order valence-electron chi connectivity index (χ3n) is 3.31. The van der Waals surface area contributed by atoms with E-state index in [0.717, 1.165) is 19.4 Å². The maximum atomic E-state index is 3.54. The van der Waals surface area contributed by atoms with E-state index in [1.54, 1.807) is 0 Å².